The van der Waals surface area contributed by atoms with Gasteiger partial charge in [-0.3, -0.25) is 4.79 Å². The number of nitrogen functional groups attached to an aromatic ring is 1. The van der Waals surface area contributed by atoms with Crippen LogP contribution in [0.4, 0.5) is 14.5 Å². The van der Waals surface area contributed by atoms with Crippen LogP contribution in [-0.4, -0.2) is 20.8 Å². The molecule has 0 radical (unpaired) electrons. The highest BCUT2D eigenvalue weighted by Gasteiger charge is 2.25. The first-order chi connectivity index (χ1) is 15.0. The molecule has 1 atom stereocenters. The fourth-order valence-corrected chi connectivity index (χ4v) is 3.86. The van der Waals surface area contributed by atoms with E-state index in [9.17, 15) is 13.6 Å². The third kappa shape index (κ3) is 4.72. The molecule has 1 heterocycles. The number of thioether (sulfide) groups is 1. The number of nitrogens with one attached hydrogen (secondary N) is 1. The van der Waals surface area contributed by atoms with Crippen molar-refractivity contribution in [2.75, 3.05) is 11.2 Å². The minimum absolute atomic E-state index is 0.308. The van der Waals surface area contributed by atoms with Crippen molar-refractivity contribution >= 4 is 23.4 Å². The third-order valence-electron chi connectivity index (χ3n) is 4.44. The summed E-state index contributed by atoms with van der Waals surface area (Å²) >= 11 is 1.12. The maximum atomic E-state index is 13.2. The van der Waals surface area contributed by atoms with Gasteiger partial charge in [0.1, 0.15) is 16.9 Å². The summed E-state index contributed by atoms with van der Waals surface area (Å²) in [5.41, 5.74) is 1.79. The summed E-state index contributed by atoms with van der Waals surface area (Å²) in [6, 6.07) is 20.4. The predicted molar refractivity (Wildman–Crippen MR) is 116 cm³/mol. The number of hydrogen-bond donors (Lipinski definition) is 2. The number of carbonyl (C=O) groups is 1. The van der Waals surface area contributed by atoms with Crippen LogP contribution < -0.4 is 11.2 Å². The van der Waals surface area contributed by atoms with Crippen molar-refractivity contribution in [1.29, 1.82) is 0 Å². The Hall–Kier alpha value is -3.72. The monoisotopic (exact) mass is 437 g/mol. The topological polar surface area (TPSA) is 85.8 Å². The number of carbonyl (C=O) groups excluding carboxylic acids is 1. The maximum Gasteiger partial charge on any atom is 0.242 e. The minimum Gasteiger partial charge on any atom is -0.335 e. The molecule has 4 aromatic rings. The molecule has 1 aromatic heterocycles. The molecule has 4 rings (SSSR count). The van der Waals surface area contributed by atoms with E-state index in [1.807, 2.05) is 30.3 Å². The summed E-state index contributed by atoms with van der Waals surface area (Å²) in [6.07, 6.45) is 0. The van der Waals surface area contributed by atoms with Crippen molar-refractivity contribution in [1.82, 2.24) is 14.9 Å². The van der Waals surface area contributed by atoms with Crippen LogP contribution in [0.5, 0.6) is 0 Å². The van der Waals surface area contributed by atoms with Crippen molar-refractivity contribution in [2.45, 2.75) is 10.4 Å². The molecule has 6 nitrogen and oxygen atoms in total. The quantitative estimate of drug-likeness (QED) is 0.345. The SMILES string of the molecule is Nn1c(S[C@@H](C(=O)Nc2ccc(F)cc2)c2ccccc2)nnc1-c1ccc(F)cc1. The number of halogens is 2. The van der Waals surface area contributed by atoms with Crippen molar-refractivity contribution in [3.8, 4) is 11.4 Å². The Morgan fingerprint density at radius 2 is 1.52 bits per heavy atom. The summed E-state index contributed by atoms with van der Waals surface area (Å²) in [6.45, 7) is 0. The molecule has 3 aromatic carbocycles. The van der Waals surface area contributed by atoms with Crippen LogP contribution in [0.2, 0.25) is 0 Å². The zero-order valence-electron chi connectivity index (χ0n) is 16.1. The van der Waals surface area contributed by atoms with Crippen LogP contribution in [0.25, 0.3) is 11.4 Å². The van der Waals surface area contributed by atoms with Crippen LogP contribution in [-0.2, 0) is 4.79 Å². The van der Waals surface area contributed by atoms with E-state index in [0.29, 0.717) is 22.2 Å². The molecule has 0 aliphatic carbocycles. The minimum atomic E-state index is -0.696. The van der Waals surface area contributed by atoms with Gasteiger partial charge in [0, 0.05) is 11.3 Å². The number of anilines is 1. The summed E-state index contributed by atoms with van der Waals surface area (Å²) in [4.78, 5) is 13.1. The zero-order chi connectivity index (χ0) is 21.8. The normalized spacial score (nSPS) is 11.8. The second-order valence-corrected chi connectivity index (χ2v) is 7.66. The van der Waals surface area contributed by atoms with Gasteiger partial charge in [-0.2, -0.15) is 0 Å². The van der Waals surface area contributed by atoms with Crippen LogP contribution in [0, 0.1) is 11.6 Å². The summed E-state index contributed by atoms with van der Waals surface area (Å²) in [7, 11) is 0. The van der Waals surface area contributed by atoms with Gasteiger partial charge in [-0.15, -0.1) is 10.2 Å². The average Bonchev–Trinajstić information content (AvgIpc) is 3.15. The number of amides is 1. The van der Waals surface area contributed by atoms with Crippen LogP contribution in [0.15, 0.2) is 84.0 Å². The summed E-state index contributed by atoms with van der Waals surface area (Å²) in [5, 5.41) is 10.6. The van der Waals surface area contributed by atoms with E-state index in [4.69, 9.17) is 5.84 Å². The molecule has 0 spiro atoms. The second kappa shape index (κ2) is 8.97. The largest absolute Gasteiger partial charge is 0.335 e. The molecule has 0 fully saturated rings. The molecule has 0 saturated heterocycles. The van der Waals surface area contributed by atoms with Gasteiger partial charge in [-0.25, -0.2) is 13.5 Å². The van der Waals surface area contributed by atoms with E-state index >= 15 is 0 Å². The van der Waals surface area contributed by atoms with Gasteiger partial charge < -0.3 is 11.2 Å². The van der Waals surface area contributed by atoms with Crippen molar-refractivity contribution in [3.05, 3.63) is 96.1 Å². The van der Waals surface area contributed by atoms with Crippen LogP contribution in [0.1, 0.15) is 10.8 Å². The highest BCUT2D eigenvalue weighted by atomic mass is 32.2. The lowest BCUT2D eigenvalue weighted by molar-refractivity contribution is -0.115. The van der Waals surface area contributed by atoms with Crippen molar-refractivity contribution in [2.24, 2.45) is 0 Å². The number of nitrogens with zero attached hydrogens (tertiary/aromatic N) is 3. The lowest BCUT2D eigenvalue weighted by Gasteiger charge is -2.16. The molecule has 0 aliphatic rings. The zero-order valence-corrected chi connectivity index (χ0v) is 16.9. The van der Waals surface area contributed by atoms with Gasteiger partial charge in [0.25, 0.3) is 0 Å². The lowest BCUT2D eigenvalue weighted by Crippen LogP contribution is -2.20. The molecule has 3 N–H and O–H groups in total. The Balaban J connectivity index is 1.62. The molecule has 0 saturated carbocycles. The first kappa shape index (κ1) is 20.5. The Kier molecular flexibility index (Phi) is 5.94. The van der Waals surface area contributed by atoms with Gasteiger partial charge in [0.2, 0.25) is 11.1 Å². The molecule has 0 aliphatic heterocycles. The van der Waals surface area contributed by atoms with E-state index in [-0.39, 0.29) is 11.7 Å². The van der Waals surface area contributed by atoms with Gasteiger partial charge in [0.05, 0.1) is 0 Å². The molecule has 0 bridgehead atoms. The van der Waals surface area contributed by atoms with Crippen molar-refractivity contribution in [3.63, 3.8) is 0 Å². The summed E-state index contributed by atoms with van der Waals surface area (Å²) < 4.78 is 27.7. The van der Waals surface area contributed by atoms with E-state index in [1.165, 1.54) is 41.1 Å². The molecule has 156 valence electrons. The maximum absolute atomic E-state index is 13.2. The molecule has 9 heteroatoms. The Morgan fingerprint density at radius 1 is 0.903 bits per heavy atom. The average molecular weight is 437 g/mol. The first-order valence-corrected chi connectivity index (χ1v) is 10.1. The fourth-order valence-electron chi connectivity index (χ4n) is 2.90. The molecular formula is C22H17F2N5OS. The number of aromatic nitrogens is 3. The summed E-state index contributed by atoms with van der Waals surface area (Å²) in [5.74, 6) is 5.42. The standard InChI is InChI=1S/C22H17F2N5OS/c23-16-8-6-15(7-9-16)20-27-28-22(29(20)25)31-19(14-4-2-1-3-5-14)21(30)26-18-12-10-17(24)11-13-18/h1-13,19H,25H2,(H,26,30)/t19-/m1/s1. The number of rotatable bonds is 6. The van der Waals surface area contributed by atoms with E-state index in [1.54, 1.807) is 12.1 Å². The van der Waals surface area contributed by atoms with Crippen LogP contribution in [0.3, 0.4) is 0 Å². The molecular weight excluding hydrogens is 420 g/mol. The smallest absolute Gasteiger partial charge is 0.242 e. The van der Waals surface area contributed by atoms with E-state index in [2.05, 4.69) is 15.5 Å². The van der Waals surface area contributed by atoms with E-state index in [0.717, 1.165) is 17.3 Å². The Labute approximate surface area is 181 Å². The number of nitrogens with two attached hydrogens (primary N) is 1. The number of hydrogen-bond acceptors (Lipinski definition) is 5. The number of benzene rings is 3. The van der Waals surface area contributed by atoms with Gasteiger partial charge in [0.15, 0.2) is 5.82 Å². The second-order valence-electron chi connectivity index (χ2n) is 6.59. The predicted octanol–water partition coefficient (Wildman–Crippen LogP) is 4.41. The Bertz CT molecular complexity index is 1180. The molecule has 1 amide bonds. The van der Waals surface area contributed by atoms with Gasteiger partial charge in [-0.05, 0) is 54.1 Å². The molecule has 0 unspecified atom stereocenters. The lowest BCUT2D eigenvalue weighted by atomic mass is 10.1. The molecule has 31 heavy (non-hydrogen) atoms. The van der Waals surface area contributed by atoms with Crippen LogP contribution >= 0.6 is 11.8 Å². The van der Waals surface area contributed by atoms with E-state index < -0.39 is 11.1 Å². The van der Waals surface area contributed by atoms with Crippen molar-refractivity contribution < 1.29 is 13.6 Å². The van der Waals surface area contributed by atoms with Gasteiger partial charge >= 0.3 is 0 Å². The highest BCUT2D eigenvalue weighted by Crippen LogP contribution is 2.36. The fraction of sp³-hybridized carbons (Fsp3) is 0.0455. The van der Waals surface area contributed by atoms with Gasteiger partial charge in [-0.1, -0.05) is 42.1 Å². The third-order valence-corrected chi connectivity index (χ3v) is 5.65. The Morgan fingerprint density at radius 3 is 2.16 bits per heavy atom. The highest BCUT2D eigenvalue weighted by molar-refractivity contribution is 8.00. The first-order valence-electron chi connectivity index (χ1n) is 9.26.